The van der Waals surface area contributed by atoms with E-state index in [9.17, 15) is 9.18 Å². The molecular formula is C15H11FN4O3S2. The second-order valence-corrected chi connectivity index (χ2v) is 7.18. The molecule has 128 valence electrons. The SMILES string of the molecule is O=C(O)Cc1nnc(Cc2nc3ccc(C4=CSCN4)c(F)c3s2)o1. The highest BCUT2D eigenvalue weighted by Crippen LogP contribution is 2.32. The van der Waals surface area contributed by atoms with Crippen LogP contribution in [-0.4, -0.2) is 32.1 Å². The van der Waals surface area contributed by atoms with Crippen molar-refractivity contribution in [3.05, 3.63) is 45.7 Å². The molecule has 2 aromatic heterocycles. The van der Waals surface area contributed by atoms with Gasteiger partial charge in [-0.3, -0.25) is 4.79 Å². The van der Waals surface area contributed by atoms with E-state index in [-0.39, 0.29) is 30.4 Å². The summed E-state index contributed by atoms with van der Waals surface area (Å²) in [5.74, 6) is -0.324. The number of halogens is 1. The van der Waals surface area contributed by atoms with Crippen molar-refractivity contribution in [1.29, 1.82) is 0 Å². The molecule has 25 heavy (non-hydrogen) atoms. The summed E-state index contributed by atoms with van der Waals surface area (Å²) in [6.45, 7) is 0. The van der Waals surface area contributed by atoms with Gasteiger partial charge in [-0.1, -0.05) is 0 Å². The Kier molecular flexibility index (Phi) is 4.14. The quantitative estimate of drug-likeness (QED) is 0.699. The number of carbonyl (C=O) groups is 1. The number of fused-ring (bicyclic) bond motifs is 1. The maximum absolute atomic E-state index is 14.8. The maximum atomic E-state index is 14.8. The number of benzene rings is 1. The molecule has 0 saturated heterocycles. The van der Waals surface area contributed by atoms with E-state index in [1.54, 1.807) is 23.9 Å². The van der Waals surface area contributed by atoms with E-state index in [0.717, 1.165) is 11.6 Å². The Bertz CT molecular complexity index is 998. The van der Waals surface area contributed by atoms with Gasteiger partial charge in [0.05, 0.1) is 28.2 Å². The van der Waals surface area contributed by atoms with Crippen LogP contribution in [0.2, 0.25) is 0 Å². The summed E-state index contributed by atoms with van der Waals surface area (Å²) in [7, 11) is 0. The standard InChI is InChI=1S/C15H11FN4O3S2/c16-14-7(9-5-24-6-17-9)1-2-8-15(14)25-12(18-8)3-10-19-20-11(23-10)4-13(21)22/h1-2,5,17H,3-4,6H2,(H,21,22). The number of aromatic nitrogens is 3. The minimum atomic E-state index is -1.04. The molecule has 3 heterocycles. The molecule has 0 spiro atoms. The second kappa shape index (κ2) is 6.45. The molecule has 2 N–H and O–H groups in total. The molecule has 7 nitrogen and oxygen atoms in total. The molecule has 10 heteroatoms. The van der Waals surface area contributed by atoms with Gasteiger partial charge in [0.25, 0.3) is 0 Å². The molecule has 0 saturated carbocycles. The fraction of sp³-hybridized carbons (Fsp3) is 0.200. The van der Waals surface area contributed by atoms with Crippen LogP contribution in [0.3, 0.4) is 0 Å². The fourth-order valence-corrected chi connectivity index (χ4v) is 4.12. The Balaban J connectivity index is 1.61. The first-order valence-electron chi connectivity index (χ1n) is 7.27. The molecule has 1 aromatic carbocycles. The molecule has 0 atom stereocenters. The molecule has 0 amide bonds. The van der Waals surface area contributed by atoms with E-state index >= 15 is 0 Å². The number of hydrogen-bond donors (Lipinski definition) is 2. The summed E-state index contributed by atoms with van der Waals surface area (Å²) in [4.78, 5) is 15.0. The number of thiazole rings is 1. The van der Waals surface area contributed by atoms with Gasteiger partial charge >= 0.3 is 5.97 Å². The maximum Gasteiger partial charge on any atom is 0.312 e. The van der Waals surface area contributed by atoms with Crippen LogP contribution >= 0.6 is 23.1 Å². The first-order chi connectivity index (χ1) is 12.1. The molecule has 0 aliphatic carbocycles. The van der Waals surface area contributed by atoms with Crippen molar-refractivity contribution in [3.8, 4) is 0 Å². The van der Waals surface area contributed by atoms with Gasteiger partial charge in [0.1, 0.15) is 11.4 Å². The normalized spacial score (nSPS) is 13.9. The zero-order valence-electron chi connectivity index (χ0n) is 12.7. The molecule has 4 rings (SSSR count). The van der Waals surface area contributed by atoms with Gasteiger partial charge in [-0.15, -0.1) is 33.3 Å². The zero-order chi connectivity index (χ0) is 17.4. The fourth-order valence-electron chi connectivity index (χ4n) is 2.42. The van der Waals surface area contributed by atoms with Gasteiger partial charge in [-0.05, 0) is 17.5 Å². The van der Waals surface area contributed by atoms with Gasteiger partial charge in [0.15, 0.2) is 5.82 Å². The van der Waals surface area contributed by atoms with Gasteiger partial charge in [0, 0.05) is 5.56 Å². The van der Waals surface area contributed by atoms with Crippen LogP contribution in [0, 0.1) is 5.82 Å². The number of carboxylic acids is 1. The Hall–Kier alpha value is -2.46. The summed E-state index contributed by atoms with van der Waals surface area (Å²) in [6.07, 6.45) is -0.0947. The van der Waals surface area contributed by atoms with E-state index in [0.29, 0.717) is 20.8 Å². The summed E-state index contributed by atoms with van der Waals surface area (Å²) < 4.78 is 20.5. The van der Waals surface area contributed by atoms with Crippen LogP contribution in [0.25, 0.3) is 15.9 Å². The van der Waals surface area contributed by atoms with Gasteiger partial charge in [-0.2, -0.15) is 0 Å². The number of nitrogens with one attached hydrogen (secondary N) is 1. The number of rotatable bonds is 5. The van der Waals surface area contributed by atoms with E-state index in [2.05, 4.69) is 20.5 Å². The molecule has 1 aliphatic rings. The highest BCUT2D eigenvalue weighted by molar-refractivity contribution is 8.02. The third-order valence-corrected chi connectivity index (χ3v) is 5.27. The van der Waals surface area contributed by atoms with Crippen LogP contribution < -0.4 is 5.32 Å². The average Bonchev–Trinajstić information content (AvgIpc) is 3.28. The van der Waals surface area contributed by atoms with E-state index < -0.39 is 5.97 Å². The third kappa shape index (κ3) is 3.22. The Morgan fingerprint density at radius 3 is 2.96 bits per heavy atom. The van der Waals surface area contributed by atoms with E-state index in [1.807, 2.05) is 5.41 Å². The van der Waals surface area contributed by atoms with Gasteiger partial charge < -0.3 is 14.8 Å². The molecule has 0 fully saturated rings. The van der Waals surface area contributed by atoms with Crippen molar-refractivity contribution in [3.63, 3.8) is 0 Å². The van der Waals surface area contributed by atoms with E-state index in [1.165, 1.54) is 11.3 Å². The lowest BCUT2D eigenvalue weighted by Gasteiger charge is -2.05. The molecular weight excluding hydrogens is 367 g/mol. The van der Waals surface area contributed by atoms with Crippen molar-refractivity contribution in [2.45, 2.75) is 12.8 Å². The van der Waals surface area contributed by atoms with Crippen molar-refractivity contribution in [2.24, 2.45) is 0 Å². The van der Waals surface area contributed by atoms with Crippen LogP contribution in [0.5, 0.6) is 0 Å². The number of aliphatic carboxylic acids is 1. The average molecular weight is 378 g/mol. The minimum absolute atomic E-state index is 0.0359. The second-order valence-electron chi connectivity index (χ2n) is 5.24. The summed E-state index contributed by atoms with van der Waals surface area (Å²) in [5, 5.41) is 21.9. The van der Waals surface area contributed by atoms with Crippen molar-refractivity contribution >= 4 is 45.0 Å². The monoisotopic (exact) mass is 378 g/mol. The number of hydrogen-bond acceptors (Lipinski definition) is 8. The van der Waals surface area contributed by atoms with Crippen LogP contribution in [-0.2, 0) is 17.6 Å². The Labute approximate surface area is 149 Å². The predicted octanol–water partition coefficient (Wildman–Crippen LogP) is 2.63. The minimum Gasteiger partial charge on any atom is -0.481 e. The van der Waals surface area contributed by atoms with E-state index in [4.69, 9.17) is 9.52 Å². The Morgan fingerprint density at radius 1 is 1.36 bits per heavy atom. The predicted molar refractivity (Wildman–Crippen MR) is 91.6 cm³/mol. The van der Waals surface area contributed by atoms with Gasteiger partial charge in [-0.25, -0.2) is 9.37 Å². The van der Waals surface area contributed by atoms with Crippen LogP contribution in [0.1, 0.15) is 22.4 Å². The zero-order valence-corrected chi connectivity index (χ0v) is 14.3. The highest BCUT2D eigenvalue weighted by Gasteiger charge is 2.18. The lowest BCUT2D eigenvalue weighted by Crippen LogP contribution is -2.06. The largest absolute Gasteiger partial charge is 0.481 e. The lowest BCUT2D eigenvalue weighted by molar-refractivity contribution is -0.136. The summed E-state index contributed by atoms with van der Waals surface area (Å²) in [6, 6.07) is 3.49. The summed E-state index contributed by atoms with van der Waals surface area (Å²) >= 11 is 2.81. The molecule has 3 aromatic rings. The molecule has 1 aliphatic heterocycles. The van der Waals surface area contributed by atoms with Crippen LogP contribution in [0.4, 0.5) is 4.39 Å². The smallest absolute Gasteiger partial charge is 0.312 e. The lowest BCUT2D eigenvalue weighted by atomic mass is 10.1. The number of carboxylic acid groups (broad SMARTS) is 1. The number of nitrogens with zero attached hydrogens (tertiary/aromatic N) is 3. The van der Waals surface area contributed by atoms with Gasteiger partial charge in [0.2, 0.25) is 11.8 Å². The topological polar surface area (TPSA) is 101 Å². The first kappa shape index (κ1) is 16.0. The summed E-state index contributed by atoms with van der Waals surface area (Å²) in [5.41, 5.74) is 1.86. The number of thioether (sulfide) groups is 1. The van der Waals surface area contributed by atoms with Crippen molar-refractivity contribution in [1.82, 2.24) is 20.5 Å². The first-order valence-corrected chi connectivity index (χ1v) is 9.13. The third-order valence-electron chi connectivity index (χ3n) is 3.49. The molecule has 0 radical (unpaired) electrons. The van der Waals surface area contributed by atoms with Crippen molar-refractivity contribution in [2.75, 3.05) is 5.88 Å². The van der Waals surface area contributed by atoms with Crippen LogP contribution in [0.15, 0.2) is 22.0 Å². The molecule has 0 unspecified atom stereocenters. The Morgan fingerprint density at radius 2 is 2.20 bits per heavy atom. The highest BCUT2D eigenvalue weighted by atomic mass is 32.2. The molecule has 0 bridgehead atoms. The van der Waals surface area contributed by atoms with Crippen molar-refractivity contribution < 1.29 is 18.7 Å².